The first-order valence-corrected chi connectivity index (χ1v) is 13.6. The third-order valence-electron chi connectivity index (χ3n) is 7.63. The van der Waals surface area contributed by atoms with E-state index in [1.54, 1.807) is 29.9 Å². The zero-order chi connectivity index (χ0) is 23.8. The third-order valence-corrected chi connectivity index (χ3v) is 9.53. The van der Waals surface area contributed by atoms with Gasteiger partial charge >= 0.3 is 0 Å². The van der Waals surface area contributed by atoms with Crippen molar-refractivity contribution in [3.05, 3.63) is 40.2 Å². The van der Waals surface area contributed by atoms with Crippen molar-refractivity contribution in [3.63, 3.8) is 0 Å². The van der Waals surface area contributed by atoms with Gasteiger partial charge in [-0.2, -0.15) is 4.31 Å². The molecule has 1 aliphatic carbocycles. The molecule has 2 aliphatic rings. The van der Waals surface area contributed by atoms with Crippen LogP contribution in [0.25, 0.3) is 10.9 Å². The van der Waals surface area contributed by atoms with E-state index in [-0.39, 0.29) is 27.8 Å². The molecule has 8 heteroatoms. The van der Waals surface area contributed by atoms with E-state index in [0.717, 1.165) is 44.9 Å². The van der Waals surface area contributed by atoms with Crippen LogP contribution in [0.15, 0.2) is 34.1 Å². The molecular weight excluding hydrogens is 438 g/mol. The summed E-state index contributed by atoms with van der Waals surface area (Å²) in [5.41, 5.74) is 0.232. The summed E-state index contributed by atoms with van der Waals surface area (Å²) in [5, 5.41) is 3.33. The molecule has 2 fully saturated rings. The van der Waals surface area contributed by atoms with Crippen LogP contribution in [0.4, 0.5) is 0 Å². The molecule has 7 nitrogen and oxygen atoms in total. The number of amides is 1. The molecule has 0 unspecified atom stereocenters. The second-order valence-electron chi connectivity index (χ2n) is 9.83. The summed E-state index contributed by atoms with van der Waals surface area (Å²) in [6.45, 7) is 5.34. The summed E-state index contributed by atoms with van der Waals surface area (Å²) in [7, 11) is -1.92. The lowest BCUT2D eigenvalue weighted by molar-refractivity contribution is 0.0889. The fourth-order valence-electron chi connectivity index (χ4n) is 5.26. The molecule has 1 aliphatic heterocycles. The molecule has 1 saturated carbocycles. The molecule has 4 rings (SSSR count). The van der Waals surface area contributed by atoms with Gasteiger partial charge in [-0.3, -0.25) is 9.59 Å². The summed E-state index contributed by atoms with van der Waals surface area (Å²) in [6.07, 6.45) is 8.42. The maximum absolute atomic E-state index is 13.3. The number of aromatic nitrogens is 1. The Kier molecular flexibility index (Phi) is 6.96. The van der Waals surface area contributed by atoms with E-state index in [2.05, 4.69) is 19.2 Å². The highest BCUT2D eigenvalue weighted by molar-refractivity contribution is 7.89. The summed E-state index contributed by atoms with van der Waals surface area (Å²) in [5.74, 6) is 0.483. The Labute approximate surface area is 196 Å². The van der Waals surface area contributed by atoms with E-state index >= 15 is 0 Å². The third kappa shape index (κ3) is 4.73. The number of carbonyl (C=O) groups excluding carboxylic acids is 1. The van der Waals surface area contributed by atoms with Crippen LogP contribution in [0.5, 0.6) is 0 Å². The zero-order valence-electron chi connectivity index (χ0n) is 19.8. The number of aryl methyl sites for hydroxylation is 1. The van der Waals surface area contributed by atoms with E-state index in [1.807, 2.05) is 0 Å². The fraction of sp³-hybridized carbons (Fsp3) is 0.600. The molecule has 1 saturated heterocycles. The average Bonchev–Trinajstić information content (AvgIpc) is 3.09. The number of rotatable bonds is 4. The molecule has 2 heterocycles. The van der Waals surface area contributed by atoms with Gasteiger partial charge in [-0.05, 0) is 49.3 Å². The Morgan fingerprint density at radius 2 is 1.73 bits per heavy atom. The normalized spacial score (nSPS) is 25.0. The molecule has 0 spiro atoms. The number of carbonyl (C=O) groups is 1. The molecule has 33 heavy (non-hydrogen) atoms. The standard InChI is InChI=1S/C25H35N3O4S/c1-17-9-8-10-22(18(17)2)26-25(30)21-16-27(3)23-12-11-19(15-20(23)24(21)29)33(31,32)28-13-6-4-5-7-14-28/h11-12,15-18,22H,4-10,13-14H2,1-3H3,(H,26,30)/t17-,18+,22+/m1/s1. The van der Waals surface area contributed by atoms with Crippen molar-refractivity contribution >= 4 is 26.8 Å². The molecule has 0 radical (unpaired) electrons. The van der Waals surface area contributed by atoms with Crippen LogP contribution in [-0.2, 0) is 17.1 Å². The minimum Gasteiger partial charge on any atom is -0.350 e. The lowest BCUT2D eigenvalue weighted by Gasteiger charge is -2.34. The van der Waals surface area contributed by atoms with Crippen molar-refractivity contribution < 1.29 is 13.2 Å². The van der Waals surface area contributed by atoms with Gasteiger partial charge in [-0.15, -0.1) is 0 Å². The monoisotopic (exact) mass is 473 g/mol. The maximum Gasteiger partial charge on any atom is 0.256 e. The maximum atomic E-state index is 13.3. The Bertz CT molecular complexity index is 1200. The quantitative estimate of drug-likeness (QED) is 0.734. The Morgan fingerprint density at radius 1 is 1.03 bits per heavy atom. The minimum atomic E-state index is -3.69. The number of nitrogens with one attached hydrogen (secondary N) is 1. The van der Waals surface area contributed by atoms with Gasteiger partial charge in [0, 0.05) is 37.8 Å². The van der Waals surface area contributed by atoms with Gasteiger partial charge in [0.1, 0.15) is 5.56 Å². The Balaban J connectivity index is 1.69. The molecule has 1 aromatic heterocycles. The number of hydrogen-bond acceptors (Lipinski definition) is 4. The van der Waals surface area contributed by atoms with Crippen molar-refractivity contribution in [1.29, 1.82) is 0 Å². The molecule has 0 bridgehead atoms. The minimum absolute atomic E-state index is 0.0383. The van der Waals surface area contributed by atoms with Crippen molar-refractivity contribution in [2.24, 2.45) is 18.9 Å². The fourth-order valence-corrected chi connectivity index (χ4v) is 6.80. The van der Waals surface area contributed by atoms with E-state index in [1.165, 1.54) is 10.4 Å². The molecule has 1 aromatic carbocycles. The van der Waals surface area contributed by atoms with Gasteiger partial charge in [-0.1, -0.05) is 39.5 Å². The van der Waals surface area contributed by atoms with Crippen LogP contribution in [0, 0.1) is 11.8 Å². The molecule has 2 aromatic rings. The molecule has 180 valence electrons. The lowest BCUT2D eigenvalue weighted by Crippen LogP contribution is -2.45. The largest absolute Gasteiger partial charge is 0.350 e. The second-order valence-corrected chi connectivity index (χ2v) is 11.8. The second kappa shape index (κ2) is 9.58. The van der Waals surface area contributed by atoms with Gasteiger partial charge in [0.2, 0.25) is 15.5 Å². The van der Waals surface area contributed by atoms with Gasteiger partial charge in [0.25, 0.3) is 5.91 Å². The average molecular weight is 474 g/mol. The van der Waals surface area contributed by atoms with Crippen LogP contribution >= 0.6 is 0 Å². The first-order chi connectivity index (χ1) is 15.7. The first-order valence-electron chi connectivity index (χ1n) is 12.1. The van der Waals surface area contributed by atoms with Crippen molar-refractivity contribution in [2.45, 2.75) is 69.7 Å². The zero-order valence-corrected chi connectivity index (χ0v) is 20.7. The SMILES string of the molecule is C[C@H]1[C@H](C)CCC[C@@H]1NC(=O)c1cn(C)c2ccc(S(=O)(=O)N3CCCCCC3)cc2c1=O. The molecule has 3 atom stereocenters. The number of benzene rings is 1. The van der Waals surface area contributed by atoms with E-state index < -0.39 is 15.5 Å². The summed E-state index contributed by atoms with van der Waals surface area (Å²) in [4.78, 5) is 26.5. The highest BCUT2D eigenvalue weighted by Crippen LogP contribution is 2.29. The van der Waals surface area contributed by atoms with E-state index in [9.17, 15) is 18.0 Å². The summed E-state index contributed by atoms with van der Waals surface area (Å²) >= 11 is 0. The topological polar surface area (TPSA) is 88.5 Å². The lowest BCUT2D eigenvalue weighted by atomic mass is 9.78. The number of sulfonamides is 1. The van der Waals surface area contributed by atoms with Crippen molar-refractivity contribution in [1.82, 2.24) is 14.2 Å². The molecule has 1 N–H and O–H groups in total. The number of fused-ring (bicyclic) bond motifs is 1. The van der Waals surface area contributed by atoms with Crippen LogP contribution < -0.4 is 10.7 Å². The molecule has 1 amide bonds. The van der Waals surface area contributed by atoms with Gasteiger partial charge in [0.15, 0.2) is 0 Å². The smallest absolute Gasteiger partial charge is 0.256 e. The van der Waals surface area contributed by atoms with Crippen LogP contribution in [0.1, 0.15) is 69.2 Å². The van der Waals surface area contributed by atoms with Gasteiger partial charge in [-0.25, -0.2) is 8.42 Å². The summed E-state index contributed by atoms with van der Waals surface area (Å²) in [6, 6.07) is 4.71. The number of nitrogens with zero attached hydrogens (tertiary/aromatic N) is 2. The highest BCUT2D eigenvalue weighted by atomic mass is 32.2. The van der Waals surface area contributed by atoms with Crippen LogP contribution in [-0.4, -0.2) is 42.3 Å². The van der Waals surface area contributed by atoms with Crippen LogP contribution in [0.3, 0.4) is 0 Å². The van der Waals surface area contributed by atoms with E-state index in [0.29, 0.717) is 30.4 Å². The highest BCUT2D eigenvalue weighted by Gasteiger charge is 2.30. The predicted octanol–water partition coefficient (Wildman–Crippen LogP) is 3.66. The van der Waals surface area contributed by atoms with Gasteiger partial charge < -0.3 is 9.88 Å². The number of hydrogen-bond donors (Lipinski definition) is 1. The number of pyridine rings is 1. The summed E-state index contributed by atoms with van der Waals surface area (Å²) < 4.78 is 29.8. The predicted molar refractivity (Wildman–Crippen MR) is 130 cm³/mol. The van der Waals surface area contributed by atoms with Crippen molar-refractivity contribution in [2.75, 3.05) is 13.1 Å². The van der Waals surface area contributed by atoms with Crippen LogP contribution in [0.2, 0.25) is 0 Å². The van der Waals surface area contributed by atoms with Crippen molar-refractivity contribution in [3.8, 4) is 0 Å². The Hall–Kier alpha value is -2.19. The van der Waals surface area contributed by atoms with E-state index in [4.69, 9.17) is 0 Å². The Morgan fingerprint density at radius 3 is 2.42 bits per heavy atom. The van der Waals surface area contributed by atoms with Gasteiger partial charge in [0.05, 0.1) is 10.4 Å². The molecular formula is C25H35N3O4S. The first kappa shape index (κ1) is 24.0.